The van der Waals surface area contributed by atoms with E-state index in [1.54, 1.807) is 0 Å². The number of aromatic nitrogens is 3. The van der Waals surface area contributed by atoms with Gasteiger partial charge in [0.1, 0.15) is 11.3 Å². The summed E-state index contributed by atoms with van der Waals surface area (Å²) in [5.74, 6) is 1.70. The number of β-amino-alcohol motifs (C(OH)–C–C–N with tert-alkyl or cyclic N) is 1. The molecule has 6 nitrogen and oxygen atoms in total. The van der Waals surface area contributed by atoms with Gasteiger partial charge in [0.25, 0.3) is 0 Å². The molecule has 2 aliphatic rings. The first-order chi connectivity index (χ1) is 10.7. The largest absolute Gasteiger partial charge is 0.390 e. The van der Waals surface area contributed by atoms with Crippen LogP contribution in [0.2, 0.25) is 0 Å². The van der Waals surface area contributed by atoms with Crippen LogP contribution in [0, 0.1) is 6.92 Å². The van der Waals surface area contributed by atoms with Crippen molar-refractivity contribution in [1.29, 1.82) is 0 Å². The van der Waals surface area contributed by atoms with Gasteiger partial charge < -0.3 is 15.0 Å². The van der Waals surface area contributed by atoms with Crippen LogP contribution in [-0.2, 0) is 0 Å². The molecule has 0 bridgehead atoms. The van der Waals surface area contributed by atoms with Gasteiger partial charge >= 0.3 is 0 Å². The number of fused-ring (bicyclic) bond motifs is 1. The van der Waals surface area contributed by atoms with E-state index in [-0.39, 0.29) is 12.1 Å². The molecule has 2 aromatic rings. The fourth-order valence-corrected chi connectivity index (χ4v) is 3.82. The van der Waals surface area contributed by atoms with Gasteiger partial charge in [-0.1, -0.05) is 6.42 Å². The number of piperidine rings is 1. The van der Waals surface area contributed by atoms with E-state index >= 15 is 0 Å². The zero-order valence-corrected chi connectivity index (χ0v) is 13.0. The van der Waals surface area contributed by atoms with E-state index in [9.17, 15) is 5.11 Å². The van der Waals surface area contributed by atoms with E-state index in [0.717, 1.165) is 42.3 Å². The number of H-pyrrole nitrogens is 1. The van der Waals surface area contributed by atoms with Gasteiger partial charge in [0.2, 0.25) is 0 Å². The van der Waals surface area contributed by atoms with E-state index in [4.69, 9.17) is 0 Å². The Bertz CT molecular complexity index is 664. The van der Waals surface area contributed by atoms with Gasteiger partial charge in [-0.3, -0.25) is 4.90 Å². The molecule has 2 aliphatic heterocycles. The van der Waals surface area contributed by atoms with Gasteiger partial charge in [-0.05, 0) is 38.9 Å². The maximum Gasteiger partial charge on any atom is 0.156 e. The molecule has 0 saturated carbocycles. The van der Waals surface area contributed by atoms with Crippen molar-refractivity contribution in [2.45, 2.75) is 38.3 Å². The summed E-state index contributed by atoms with van der Waals surface area (Å²) >= 11 is 0. The van der Waals surface area contributed by atoms with E-state index < -0.39 is 0 Å². The number of rotatable bonds is 2. The molecule has 6 heteroatoms. The van der Waals surface area contributed by atoms with Crippen LogP contribution in [0.5, 0.6) is 0 Å². The number of aromatic amines is 1. The van der Waals surface area contributed by atoms with Crippen LogP contribution in [-0.4, -0.2) is 63.3 Å². The lowest BCUT2D eigenvalue weighted by Crippen LogP contribution is -2.45. The SMILES string of the molecule is Cc1nc(N2C[C@H](O)[C@@H](N3CCCCC3)C2)c2[nH]ccc2n1. The first kappa shape index (κ1) is 14.0. The number of hydrogen-bond acceptors (Lipinski definition) is 5. The van der Waals surface area contributed by atoms with Crippen molar-refractivity contribution in [2.75, 3.05) is 31.1 Å². The second-order valence-electron chi connectivity index (χ2n) is 6.47. The highest BCUT2D eigenvalue weighted by atomic mass is 16.3. The second-order valence-corrected chi connectivity index (χ2v) is 6.47. The number of nitrogens with zero attached hydrogens (tertiary/aromatic N) is 4. The highest BCUT2D eigenvalue weighted by Gasteiger charge is 2.37. The summed E-state index contributed by atoms with van der Waals surface area (Å²) in [4.78, 5) is 17.0. The Morgan fingerprint density at radius 2 is 2.00 bits per heavy atom. The number of aliphatic hydroxyl groups excluding tert-OH is 1. The minimum atomic E-state index is -0.307. The monoisotopic (exact) mass is 301 g/mol. The van der Waals surface area contributed by atoms with Crippen molar-refractivity contribution < 1.29 is 5.11 Å². The summed E-state index contributed by atoms with van der Waals surface area (Å²) in [7, 11) is 0. The molecular formula is C16H23N5O. The van der Waals surface area contributed by atoms with Crippen LogP contribution >= 0.6 is 0 Å². The first-order valence-electron chi connectivity index (χ1n) is 8.21. The van der Waals surface area contributed by atoms with E-state index in [1.165, 1.54) is 19.3 Å². The molecule has 2 saturated heterocycles. The van der Waals surface area contributed by atoms with Gasteiger partial charge in [0.15, 0.2) is 5.82 Å². The third kappa shape index (κ3) is 2.36. The average molecular weight is 301 g/mol. The van der Waals surface area contributed by atoms with Crippen molar-refractivity contribution in [2.24, 2.45) is 0 Å². The summed E-state index contributed by atoms with van der Waals surface area (Å²) in [5, 5.41) is 10.5. The molecule has 2 aromatic heterocycles. The Morgan fingerprint density at radius 1 is 1.18 bits per heavy atom. The molecule has 4 heterocycles. The normalized spacial score (nSPS) is 26.9. The second kappa shape index (κ2) is 5.52. The molecule has 0 radical (unpaired) electrons. The third-order valence-corrected chi connectivity index (χ3v) is 4.92. The average Bonchev–Trinajstić information content (AvgIpc) is 3.13. The van der Waals surface area contributed by atoms with E-state index in [2.05, 4.69) is 24.8 Å². The predicted molar refractivity (Wildman–Crippen MR) is 86.1 cm³/mol. The van der Waals surface area contributed by atoms with Crippen LogP contribution < -0.4 is 4.90 Å². The number of anilines is 1. The van der Waals surface area contributed by atoms with Gasteiger partial charge in [0, 0.05) is 19.3 Å². The molecule has 0 unspecified atom stereocenters. The highest BCUT2D eigenvalue weighted by molar-refractivity contribution is 5.86. The van der Waals surface area contributed by atoms with Crippen LogP contribution in [0.3, 0.4) is 0 Å². The summed E-state index contributed by atoms with van der Waals surface area (Å²) in [6, 6.07) is 2.20. The lowest BCUT2D eigenvalue weighted by molar-refractivity contribution is 0.0706. The maximum absolute atomic E-state index is 10.5. The molecular weight excluding hydrogens is 278 g/mol. The zero-order chi connectivity index (χ0) is 15.1. The molecule has 2 atom stereocenters. The summed E-state index contributed by atoms with van der Waals surface area (Å²) < 4.78 is 0. The molecule has 0 aliphatic carbocycles. The lowest BCUT2D eigenvalue weighted by atomic mass is 10.1. The molecule has 118 valence electrons. The van der Waals surface area contributed by atoms with Crippen molar-refractivity contribution in [3.05, 3.63) is 18.1 Å². The van der Waals surface area contributed by atoms with Crippen LogP contribution in [0.25, 0.3) is 11.0 Å². The van der Waals surface area contributed by atoms with Gasteiger partial charge in [-0.2, -0.15) is 0 Å². The van der Waals surface area contributed by atoms with Crippen molar-refractivity contribution >= 4 is 16.9 Å². The first-order valence-corrected chi connectivity index (χ1v) is 8.21. The fraction of sp³-hybridized carbons (Fsp3) is 0.625. The number of aryl methyl sites for hydroxylation is 1. The van der Waals surface area contributed by atoms with Crippen LogP contribution in [0.1, 0.15) is 25.1 Å². The maximum atomic E-state index is 10.5. The molecule has 4 rings (SSSR count). The smallest absolute Gasteiger partial charge is 0.156 e. The van der Waals surface area contributed by atoms with Crippen LogP contribution in [0.4, 0.5) is 5.82 Å². The Labute approximate surface area is 130 Å². The molecule has 0 spiro atoms. The lowest BCUT2D eigenvalue weighted by Gasteiger charge is -2.33. The number of aliphatic hydroxyl groups is 1. The third-order valence-electron chi connectivity index (χ3n) is 4.92. The van der Waals surface area contributed by atoms with E-state index in [0.29, 0.717) is 6.54 Å². The summed E-state index contributed by atoms with van der Waals surface area (Å²) in [5.41, 5.74) is 1.91. The van der Waals surface area contributed by atoms with Crippen LogP contribution in [0.15, 0.2) is 12.3 Å². The fourth-order valence-electron chi connectivity index (χ4n) is 3.82. The summed E-state index contributed by atoms with van der Waals surface area (Å²) in [6.07, 6.45) is 5.40. The number of nitrogens with one attached hydrogen (secondary N) is 1. The predicted octanol–water partition coefficient (Wildman–Crippen LogP) is 1.30. The van der Waals surface area contributed by atoms with E-state index in [1.807, 2.05) is 19.2 Å². The molecule has 22 heavy (non-hydrogen) atoms. The van der Waals surface area contributed by atoms with Crippen molar-refractivity contribution in [1.82, 2.24) is 19.9 Å². The highest BCUT2D eigenvalue weighted by Crippen LogP contribution is 2.28. The van der Waals surface area contributed by atoms with Crippen molar-refractivity contribution in [3.8, 4) is 0 Å². The number of hydrogen-bond donors (Lipinski definition) is 2. The van der Waals surface area contributed by atoms with Crippen molar-refractivity contribution in [3.63, 3.8) is 0 Å². The van der Waals surface area contributed by atoms with Gasteiger partial charge in [-0.25, -0.2) is 9.97 Å². The Hall–Kier alpha value is -1.66. The quantitative estimate of drug-likeness (QED) is 0.875. The summed E-state index contributed by atoms with van der Waals surface area (Å²) in [6.45, 7) is 5.62. The minimum Gasteiger partial charge on any atom is -0.390 e. The van der Waals surface area contributed by atoms with Gasteiger partial charge in [-0.15, -0.1) is 0 Å². The Morgan fingerprint density at radius 3 is 2.82 bits per heavy atom. The minimum absolute atomic E-state index is 0.223. The Kier molecular flexibility index (Phi) is 3.50. The molecule has 2 fully saturated rings. The zero-order valence-electron chi connectivity index (χ0n) is 13.0. The Balaban J connectivity index is 1.61. The number of likely N-dealkylation sites (tertiary alicyclic amines) is 1. The van der Waals surface area contributed by atoms with Gasteiger partial charge in [0.05, 0.1) is 17.7 Å². The standard InChI is InChI=1S/C16H23N5O/c1-11-18-12-5-6-17-15(12)16(19-11)21-9-13(14(22)10-21)20-7-3-2-4-8-20/h5-6,13-14,17,22H,2-4,7-10H2,1H3/t13-,14-/m0/s1. The molecule has 0 amide bonds. The molecule has 2 N–H and O–H groups in total. The molecule has 0 aromatic carbocycles. The topological polar surface area (TPSA) is 68.3 Å².